The summed E-state index contributed by atoms with van der Waals surface area (Å²) in [5, 5.41) is 0. The van der Waals surface area contributed by atoms with Crippen LogP contribution in [0.25, 0.3) is 0 Å². The van der Waals surface area contributed by atoms with Crippen LogP contribution in [0.3, 0.4) is 0 Å². The molecule has 3 aromatic rings. The first kappa shape index (κ1) is 38.6. The molecule has 1 atom stereocenters. The maximum atomic E-state index is 14.0. The van der Waals surface area contributed by atoms with Gasteiger partial charge in [-0.25, -0.2) is 21.2 Å². The van der Waals surface area contributed by atoms with E-state index in [1.165, 1.54) is 18.2 Å². The summed E-state index contributed by atoms with van der Waals surface area (Å²) in [5.74, 6) is -4.88. The van der Waals surface area contributed by atoms with E-state index in [1.54, 1.807) is 19.1 Å². The van der Waals surface area contributed by atoms with E-state index >= 15 is 0 Å². The molecule has 0 saturated carbocycles. The summed E-state index contributed by atoms with van der Waals surface area (Å²) in [6.45, 7) is 2.36. The summed E-state index contributed by atoms with van der Waals surface area (Å²) in [7, 11) is -8.99. The Kier molecular flexibility index (Phi) is 10.7. The fourth-order valence-corrected chi connectivity index (χ4v) is 7.65. The van der Waals surface area contributed by atoms with Gasteiger partial charge in [-0.3, -0.25) is 13.9 Å². The zero-order valence-electron chi connectivity index (χ0n) is 26.6. The first-order valence-corrected chi connectivity index (χ1v) is 17.8. The number of ether oxygens (including phenoxy) is 2. The van der Waals surface area contributed by atoms with Gasteiger partial charge in [0.1, 0.15) is 29.2 Å². The summed E-state index contributed by atoms with van der Waals surface area (Å²) in [6, 6.07) is 10.2. The molecule has 0 unspecified atom stereocenters. The van der Waals surface area contributed by atoms with E-state index in [4.69, 9.17) is 4.74 Å². The normalized spacial score (nSPS) is 15.6. The lowest BCUT2D eigenvalue weighted by atomic mass is 10.1. The number of ketones is 1. The molecule has 0 fully saturated rings. The highest BCUT2D eigenvalue weighted by molar-refractivity contribution is 7.93. The lowest BCUT2D eigenvalue weighted by Gasteiger charge is -2.36. The Bertz CT molecular complexity index is 1990. The van der Waals surface area contributed by atoms with Gasteiger partial charge in [0.15, 0.2) is 9.84 Å². The van der Waals surface area contributed by atoms with Gasteiger partial charge in [-0.05, 0) is 75.2 Å². The van der Waals surface area contributed by atoms with Gasteiger partial charge in [0, 0.05) is 6.42 Å². The Morgan fingerprint density at radius 2 is 1.52 bits per heavy atom. The van der Waals surface area contributed by atoms with Gasteiger partial charge in [0.2, 0.25) is 5.60 Å². The van der Waals surface area contributed by atoms with E-state index in [0.717, 1.165) is 17.7 Å². The number of alkyl halides is 6. The summed E-state index contributed by atoms with van der Waals surface area (Å²) < 4.78 is 158. The lowest BCUT2D eigenvalue weighted by molar-refractivity contribution is -0.257. The van der Waals surface area contributed by atoms with Crippen molar-refractivity contribution in [3.8, 4) is 5.75 Å². The predicted octanol–water partition coefficient (Wildman–Crippen LogP) is 6.36. The van der Waals surface area contributed by atoms with Crippen LogP contribution in [-0.4, -0.2) is 58.8 Å². The van der Waals surface area contributed by atoms with E-state index in [2.05, 4.69) is 4.74 Å². The molecule has 1 aliphatic heterocycles. The fraction of sp³-hybridized carbons (Fsp3) is 0.375. The maximum absolute atomic E-state index is 14.0. The minimum absolute atomic E-state index is 0.0550. The van der Waals surface area contributed by atoms with Gasteiger partial charge >= 0.3 is 18.3 Å². The number of carbonyl (C=O) groups excluding carboxylic acids is 2. The third-order valence-electron chi connectivity index (χ3n) is 7.66. The maximum Gasteiger partial charge on any atom is 0.427 e. The molecular formula is C32H30F7NO8S2. The van der Waals surface area contributed by atoms with E-state index in [0.29, 0.717) is 30.3 Å². The summed E-state index contributed by atoms with van der Waals surface area (Å²) in [6.07, 6.45) is -12.8. The Morgan fingerprint density at radius 1 is 0.900 bits per heavy atom. The summed E-state index contributed by atoms with van der Waals surface area (Å²) >= 11 is 0. The Balaban J connectivity index is 1.64. The van der Waals surface area contributed by atoms with Crippen LogP contribution in [0.4, 0.5) is 36.4 Å². The van der Waals surface area contributed by atoms with Gasteiger partial charge in [-0.1, -0.05) is 23.8 Å². The molecule has 50 heavy (non-hydrogen) atoms. The van der Waals surface area contributed by atoms with Crippen molar-refractivity contribution in [2.75, 3.05) is 16.6 Å². The molecule has 0 amide bonds. The number of nitrogens with zero attached hydrogens (tertiary/aromatic N) is 1. The highest BCUT2D eigenvalue weighted by Gasteiger charge is 2.50. The zero-order chi connectivity index (χ0) is 37.4. The van der Waals surface area contributed by atoms with Crippen LogP contribution in [0.15, 0.2) is 70.5 Å². The first-order chi connectivity index (χ1) is 22.9. The number of Topliss-reactive ketones (excluding diaryl/α,β-unsaturated/α-hetero) is 1. The summed E-state index contributed by atoms with van der Waals surface area (Å²) in [4.78, 5) is 24.1. The van der Waals surface area contributed by atoms with Crippen LogP contribution in [0.5, 0.6) is 5.75 Å². The van der Waals surface area contributed by atoms with E-state index < -0.39 is 97.1 Å². The second-order valence-corrected chi connectivity index (χ2v) is 15.9. The fourth-order valence-electron chi connectivity index (χ4n) is 4.83. The van der Waals surface area contributed by atoms with Crippen LogP contribution in [0.1, 0.15) is 43.4 Å². The smallest absolute Gasteiger partial charge is 0.427 e. The van der Waals surface area contributed by atoms with Crippen LogP contribution >= 0.6 is 0 Å². The monoisotopic (exact) mass is 753 g/mol. The number of aryl methyl sites for hydroxylation is 1. The molecule has 272 valence electrons. The van der Waals surface area contributed by atoms with Gasteiger partial charge in [0.25, 0.3) is 10.0 Å². The molecule has 0 bridgehead atoms. The number of hydrogen-bond donors (Lipinski definition) is 0. The molecule has 0 saturated heterocycles. The zero-order valence-corrected chi connectivity index (χ0v) is 28.2. The van der Waals surface area contributed by atoms with Crippen LogP contribution < -0.4 is 9.04 Å². The largest absolute Gasteiger partial charge is 0.486 e. The van der Waals surface area contributed by atoms with Crippen molar-refractivity contribution in [3.63, 3.8) is 0 Å². The second-order valence-electron chi connectivity index (χ2n) is 12.0. The van der Waals surface area contributed by atoms with Gasteiger partial charge < -0.3 is 9.47 Å². The van der Waals surface area contributed by atoms with Crippen molar-refractivity contribution in [2.45, 2.75) is 73.9 Å². The molecule has 4 rings (SSSR count). The highest BCUT2D eigenvalue weighted by atomic mass is 32.2. The van der Waals surface area contributed by atoms with Gasteiger partial charge in [-0.15, -0.1) is 0 Å². The Hall–Kier alpha value is -4.19. The van der Waals surface area contributed by atoms with E-state index in [1.807, 2.05) is 0 Å². The van der Waals surface area contributed by atoms with E-state index in [-0.39, 0.29) is 34.4 Å². The molecule has 0 radical (unpaired) electrons. The number of fused-ring (bicyclic) bond motifs is 1. The Labute approximate surface area is 283 Å². The molecule has 0 N–H and O–H groups in total. The number of benzene rings is 3. The van der Waals surface area contributed by atoms with Crippen molar-refractivity contribution < 1.29 is 66.6 Å². The molecule has 18 heteroatoms. The lowest BCUT2D eigenvalue weighted by Crippen LogP contribution is -2.44. The number of carbonyl (C=O) groups is 2. The topological polar surface area (TPSA) is 124 Å². The summed E-state index contributed by atoms with van der Waals surface area (Å²) in [5.41, 5.74) is -4.32. The molecule has 0 spiro atoms. The van der Waals surface area contributed by atoms with Crippen LogP contribution in [0, 0.1) is 12.7 Å². The standard InChI is InChI=1S/C32H30F7NO8S2/c1-19-4-9-23(10-5-19)49(43,44)18-21(41)7-8-22-17-40(50(45,46)24-11-12-26(33)25(16-24)31(34,35)36)27-14-20(6-13-28(27)47-22)15-29(42)48-30(2,3)32(37,38)39/h4-6,9-14,16,22H,7-8,15,17-18H2,1-3H3/t22-/m0/s1. The van der Waals surface area contributed by atoms with Crippen LogP contribution in [0.2, 0.25) is 0 Å². The van der Waals surface area contributed by atoms with Crippen LogP contribution in [-0.2, 0) is 46.8 Å². The number of esters is 1. The van der Waals surface area contributed by atoms with Crippen molar-refractivity contribution in [2.24, 2.45) is 0 Å². The minimum Gasteiger partial charge on any atom is -0.486 e. The quantitative estimate of drug-likeness (QED) is 0.164. The molecule has 1 heterocycles. The van der Waals surface area contributed by atoms with E-state index in [9.17, 15) is 57.2 Å². The molecule has 3 aromatic carbocycles. The first-order valence-electron chi connectivity index (χ1n) is 14.7. The Morgan fingerprint density at radius 3 is 2.12 bits per heavy atom. The average molecular weight is 754 g/mol. The third kappa shape index (κ3) is 8.75. The number of halogens is 7. The SMILES string of the molecule is Cc1ccc(S(=O)(=O)CC(=O)CC[C@H]2CN(S(=O)(=O)c3ccc(F)c(C(F)(F)F)c3)c3cc(CC(=O)OC(C)(C)C(F)(F)F)ccc3O2)cc1. The number of rotatable bonds is 11. The molecule has 0 aromatic heterocycles. The van der Waals surface area contributed by atoms with Crippen molar-refractivity contribution in [3.05, 3.63) is 83.2 Å². The number of sulfone groups is 1. The van der Waals surface area contributed by atoms with Gasteiger partial charge in [0.05, 0.1) is 34.0 Å². The van der Waals surface area contributed by atoms with Gasteiger partial charge in [-0.2, -0.15) is 26.3 Å². The second kappa shape index (κ2) is 13.8. The third-order valence-corrected chi connectivity index (χ3v) is 11.1. The average Bonchev–Trinajstić information content (AvgIpc) is 2.98. The molecule has 9 nitrogen and oxygen atoms in total. The molecule has 1 aliphatic rings. The molecule has 0 aliphatic carbocycles. The highest BCUT2D eigenvalue weighted by Crippen LogP contribution is 2.41. The van der Waals surface area contributed by atoms with Crippen molar-refractivity contribution in [1.29, 1.82) is 0 Å². The number of sulfonamides is 1. The van der Waals surface area contributed by atoms with Crippen molar-refractivity contribution >= 4 is 37.3 Å². The number of hydrogen-bond acceptors (Lipinski definition) is 8. The predicted molar refractivity (Wildman–Crippen MR) is 164 cm³/mol. The van der Waals surface area contributed by atoms with Crippen molar-refractivity contribution in [1.82, 2.24) is 0 Å². The molecular weight excluding hydrogens is 723 g/mol. The minimum atomic E-state index is -5.27. The number of anilines is 1.